The quantitative estimate of drug-likeness (QED) is 0.806. The van der Waals surface area contributed by atoms with E-state index in [1.165, 1.54) is 6.07 Å². The minimum atomic E-state index is -0.464. The number of nitrogens with one attached hydrogen (secondary N) is 2. The molecule has 0 fully saturated rings. The molecule has 0 aliphatic heterocycles. The van der Waals surface area contributed by atoms with Gasteiger partial charge < -0.3 is 11.1 Å². The van der Waals surface area contributed by atoms with Crippen LogP contribution >= 0.6 is 0 Å². The number of hydrogen-bond acceptors (Lipinski definition) is 3. The average Bonchev–Trinajstić information content (AvgIpc) is 2.76. The van der Waals surface area contributed by atoms with Gasteiger partial charge >= 0.3 is 0 Å². The van der Waals surface area contributed by atoms with Crippen molar-refractivity contribution in [2.45, 2.75) is 26.7 Å². The number of hydrogen-bond donors (Lipinski definition) is 3. The molecular weight excluding hydrogens is 259 g/mol. The largest absolute Gasteiger partial charge is 0.395 e. The number of aromatic nitrogens is 2. The van der Waals surface area contributed by atoms with Crippen molar-refractivity contribution in [2.24, 2.45) is 0 Å². The van der Waals surface area contributed by atoms with Gasteiger partial charge in [-0.25, -0.2) is 4.39 Å². The first-order valence-electron chi connectivity index (χ1n) is 6.31. The fraction of sp³-hybridized carbons (Fsp3) is 0.286. The topological polar surface area (TPSA) is 83.8 Å². The van der Waals surface area contributed by atoms with Crippen molar-refractivity contribution >= 4 is 17.3 Å². The van der Waals surface area contributed by atoms with Crippen LogP contribution in [-0.4, -0.2) is 16.1 Å². The van der Waals surface area contributed by atoms with Gasteiger partial charge in [-0.15, -0.1) is 0 Å². The van der Waals surface area contributed by atoms with E-state index in [1.807, 2.05) is 13.8 Å². The predicted molar refractivity (Wildman–Crippen MR) is 76.2 cm³/mol. The summed E-state index contributed by atoms with van der Waals surface area (Å²) in [7, 11) is 0. The number of carbonyl (C=O) groups is 1. The van der Waals surface area contributed by atoms with Gasteiger partial charge in [-0.1, -0.05) is 19.9 Å². The first-order chi connectivity index (χ1) is 9.40. The number of aromatic amines is 1. The summed E-state index contributed by atoms with van der Waals surface area (Å²) < 4.78 is 13.4. The Morgan fingerprint density at radius 2 is 2.15 bits per heavy atom. The number of anilines is 2. The fourth-order valence-electron chi connectivity index (χ4n) is 1.84. The molecule has 2 rings (SSSR count). The minimum absolute atomic E-state index is 0.120. The molecule has 0 aliphatic rings. The highest BCUT2D eigenvalue weighted by atomic mass is 19.1. The van der Waals surface area contributed by atoms with Crippen molar-refractivity contribution in [1.82, 2.24) is 10.2 Å². The first kappa shape index (κ1) is 14.0. The van der Waals surface area contributed by atoms with Crippen LogP contribution < -0.4 is 11.1 Å². The second-order valence-corrected chi connectivity index (χ2v) is 4.97. The van der Waals surface area contributed by atoms with E-state index in [0.29, 0.717) is 22.6 Å². The lowest BCUT2D eigenvalue weighted by Crippen LogP contribution is -2.14. The maximum atomic E-state index is 13.4. The number of nitrogen functional groups attached to an aromatic ring is 1. The molecule has 0 aliphatic carbocycles. The summed E-state index contributed by atoms with van der Waals surface area (Å²) in [6, 6.07) is 4.49. The van der Waals surface area contributed by atoms with Gasteiger partial charge in [0.2, 0.25) is 0 Å². The zero-order valence-electron chi connectivity index (χ0n) is 11.6. The third-order valence-corrected chi connectivity index (χ3v) is 3.06. The van der Waals surface area contributed by atoms with E-state index in [2.05, 4.69) is 15.5 Å². The summed E-state index contributed by atoms with van der Waals surface area (Å²) in [6.07, 6.45) is 0. The summed E-state index contributed by atoms with van der Waals surface area (Å²) in [6.45, 7) is 5.55. The Hall–Kier alpha value is -2.37. The molecule has 0 atom stereocenters. The molecule has 0 bridgehead atoms. The van der Waals surface area contributed by atoms with Crippen LogP contribution in [0, 0.1) is 12.7 Å². The minimum Gasteiger partial charge on any atom is -0.395 e. The Kier molecular flexibility index (Phi) is 3.74. The number of aryl methyl sites for hydroxylation is 1. The van der Waals surface area contributed by atoms with Gasteiger partial charge in [-0.05, 0) is 30.5 Å². The Morgan fingerprint density at radius 3 is 2.70 bits per heavy atom. The molecule has 1 amide bonds. The predicted octanol–water partition coefficient (Wildman–Crippen LogP) is 2.82. The van der Waals surface area contributed by atoms with Gasteiger partial charge in [0.15, 0.2) is 5.69 Å². The molecule has 0 saturated heterocycles. The van der Waals surface area contributed by atoms with Gasteiger partial charge in [0.1, 0.15) is 5.82 Å². The van der Waals surface area contributed by atoms with Gasteiger partial charge in [0.05, 0.1) is 11.4 Å². The lowest BCUT2D eigenvalue weighted by Gasteiger charge is -2.06. The molecule has 0 unspecified atom stereocenters. The van der Waals surface area contributed by atoms with Crippen molar-refractivity contribution in [3.05, 3.63) is 41.0 Å². The van der Waals surface area contributed by atoms with Crippen molar-refractivity contribution in [1.29, 1.82) is 0 Å². The Bertz CT molecular complexity index is 649. The molecule has 106 valence electrons. The molecule has 0 saturated carbocycles. The Labute approximate surface area is 116 Å². The van der Waals surface area contributed by atoms with Crippen LogP contribution in [0.4, 0.5) is 15.8 Å². The SMILES string of the molecule is Cc1ccc(NC(=O)c2n[nH]c(C(C)C)c2N)cc1F. The van der Waals surface area contributed by atoms with Crippen molar-refractivity contribution in [2.75, 3.05) is 11.1 Å². The summed E-state index contributed by atoms with van der Waals surface area (Å²) in [5, 5.41) is 9.25. The van der Waals surface area contributed by atoms with Crippen LogP contribution in [0.25, 0.3) is 0 Å². The molecule has 6 heteroatoms. The van der Waals surface area contributed by atoms with E-state index in [1.54, 1.807) is 19.1 Å². The van der Waals surface area contributed by atoms with Crippen LogP contribution in [0.5, 0.6) is 0 Å². The molecule has 0 radical (unpaired) electrons. The number of H-pyrrole nitrogens is 1. The summed E-state index contributed by atoms with van der Waals surface area (Å²) in [4.78, 5) is 12.1. The third-order valence-electron chi connectivity index (χ3n) is 3.06. The molecule has 1 aromatic carbocycles. The van der Waals surface area contributed by atoms with E-state index in [9.17, 15) is 9.18 Å². The molecule has 0 spiro atoms. The Morgan fingerprint density at radius 1 is 1.45 bits per heavy atom. The molecule has 1 aromatic heterocycles. The highest BCUT2D eigenvalue weighted by Crippen LogP contribution is 2.23. The van der Waals surface area contributed by atoms with Crippen molar-refractivity contribution in [3.63, 3.8) is 0 Å². The van der Waals surface area contributed by atoms with E-state index in [4.69, 9.17) is 5.73 Å². The normalized spacial score (nSPS) is 10.8. The van der Waals surface area contributed by atoms with Gasteiger partial charge in [0.25, 0.3) is 5.91 Å². The smallest absolute Gasteiger partial charge is 0.278 e. The zero-order chi connectivity index (χ0) is 14.9. The molecule has 4 N–H and O–H groups in total. The van der Waals surface area contributed by atoms with Crippen LogP contribution in [0.1, 0.15) is 41.5 Å². The fourth-order valence-corrected chi connectivity index (χ4v) is 1.84. The second kappa shape index (κ2) is 5.32. The van der Waals surface area contributed by atoms with Crippen LogP contribution in [0.3, 0.4) is 0 Å². The Balaban J connectivity index is 2.22. The average molecular weight is 276 g/mol. The lowest BCUT2D eigenvalue weighted by molar-refractivity contribution is 0.102. The third kappa shape index (κ3) is 2.64. The van der Waals surface area contributed by atoms with E-state index in [-0.39, 0.29) is 17.4 Å². The number of benzene rings is 1. The highest BCUT2D eigenvalue weighted by Gasteiger charge is 2.19. The van der Waals surface area contributed by atoms with Crippen LogP contribution in [0.15, 0.2) is 18.2 Å². The molecule has 20 heavy (non-hydrogen) atoms. The lowest BCUT2D eigenvalue weighted by atomic mass is 10.1. The molecule has 5 nitrogen and oxygen atoms in total. The second-order valence-electron chi connectivity index (χ2n) is 4.97. The van der Waals surface area contributed by atoms with Gasteiger partial charge in [-0.2, -0.15) is 5.10 Å². The summed E-state index contributed by atoms with van der Waals surface area (Å²) in [5.41, 5.74) is 7.93. The maximum Gasteiger partial charge on any atom is 0.278 e. The van der Waals surface area contributed by atoms with Gasteiger partial charge in [0, 0.05) is 5.69 Å². The number of halogens is 1. The number of carbonyl (C=O) groups excluding carboxylic acids is 1. The number of amides is 1. The monoisotopic (exact) mass is 276 g/mol. The first-order valence-corrected chi connectivity index (χ1v) is 6.31. The van der Waals surface area contributed by atoms with Gasteiger partial charge in [-0.3, -0.25) is 9.89 Å². The van der Waals surface area contributed by atoms with Crippen molar-refractivity contribution in [3.8, 4) is 0 Å². The molecule has 2 aromatic rings. The van der Waals surface area contributed by atoms with E-state index in [0.717, 1.165) is 0 Å². The molecular formula is C14H17FN4O. The van der Waals surface area contributed by atoms with Crippen LogP contribution in [-0.2, 0) is 0 Å². The summed E-state index contributed by atoms with van der Waals surface area (Å²) >= 11 is 0. The van der Waals surface area contributed by atoms with E-state index >= 15 is 0 Å². The number of rotatable bonds is 3. The number of nitrogens with two attached hydrogens (primary N) is 1. The zero-order valence-corrected chi connectivity index (χ0v) is 11.6. The van der Waals surface area contributed by atoms with Crippen LogP contribution in [0.2, 0.25) is 0 Å². The maximum absolute atomic E-state index is 13.4. The number of nitrogens with zero attached hydrogens (tertiary/aromatic N) is 1. The molecule has 1 heterocycles. The highest BCUT2D eigenvalue weighted by molar-refractivity contribution is 6.06. The van der Waals surface area contributed by atoms with E-state index < -0.39 is 5.91 Å². The van der Waals surface area contributed by atoms with Crippen molar-refractivity contribution < 1.29 is 9.18 Å². The standard InChI is InChI=1S/C14H17FN4O/c1-7(2)12-11(16)13(19-18-12)14(20)17-9-5-4-8(3)10(15)6-9/h4-7H,16H2,1-3H3,(H,17,20)(H,18,19). The summed E-state index contributed by atoms with van der Waals surface area (Å²) in [5.74, 6) is -0.699.